The minimum absolute atomic E-state index is 0. The summed E-state index contributed by atoms with van der Waals surface area (Å²) in [6.45, 7) is 13.7. The van der Waals surface area contributed by atoms with Crippen LogP contribution in [0.4, 0.5) is 0 Å². The summed E-state index contributed by atoms with van der Waals surface area (Å²) in [5, 5.41) is 6.56. The molecule has 0 aliphatic carbocycles. The van der Waals surface area contributed by atoms with Crippen LogP contribution in [-0.4, -0.2) is 31.6 Å². The van der Waals surface area contributed by atoms with Crippen LogP contribution in [-0.2, 0) is 4.79 Å². The SMILES string of the molecule is CCNC(=NCC(C)(C)C(N)=O)NC(C)c1ccc(OCC(C)C)cc1.I. The van der Waals surface area contributed by atoms with E-state index >= 15 is 0 Å². The fourth-order valence-corrected chi connectivity index (χ4v) is 2.08. The summed E-state index contributed by atoms with van der Waals surface area (Å²) in [4.78, 5) is 16.0. The first-order valence-electron chi connectivity index (χ1n) is 9.23. The molecule has 1 rings (SSSR count). The third kappa shape index (κ3) is 9.30. The van der Waals surface area contributed by atoms with Crippen LogP contribution >= 0.6 is 24.0 Å². The number of carbonyl (C=O) groups is 1. The highest BCUT2D eigenvalue weighted by Crippen LogP contribution is 2.18. The molecule has 0 aromatic heterocycles. The van der Waals surface area contributed by atoms with Gasteiger partial charge in [-0.1, -0.05) is 26.0 Å². The summed E-state index contributed by atoms with van der Waals surface area (Å²) >= 11 is 0. The first-order valence-corrected chi connectivity index (χ1v) is 9.23. The molecule has 0 saturated carbocycles. The van der Waals surface area contributed by atoms with Gasteiger partial charge in [0.15, 0.2) is 5.96 Å². The number of rotatable bonds is 9. The summed E-state index contributed by atoms with van der Waals surface area (Å²) in [5.41, 5.74) is 5.87. The van der Waals surface area contributed by atoms with E-state index in [-0.39, 0.29) is 35.9 Å². The fourth-order valence-electron chi connectivity index (χ4n) is 2.08. The van der Waals surface area contributed by atoms with Crippen LogP contribution in [0.5, 0.6) is 5.75 Å². The zero-order chi connectivity index (χ0) is 19.7. The number of benzene rings is 1. The Labute approximate surface area is 180 Å². The van der Waals surface area contributed by atoms with Crippen molar-refractivity contribution in [3.63, 3.8) is 0 Å². The monoisotopic (exact) mass is 490 g/mol. The highest BCUT2D eigenvalue weighted by Gasteiger charge is 2.24. The molecule has 0 heterocycles. The van der Waals surface area contributed by atoms with Crippen molar-refractivity contribution in [2.45, 2.75) is 47.6 Å². The number of halogens is 1. The molecule has 7 heteroatoms. The highest BCUT2D eigenvalue weighted by atomic mass is 127. The maximum absolute atomic E-state index is 11.5. The number of hydrogen-bond acceptors (Lipinski definition) is 3. The van der Waals surface area contributed by atoms with Gasteiger partial charge in [-0.25, -0.2) is 0 Å². The molecule has 0 aliphatic rings. The van der Waals surface area contributed by atoms with Crippen LogP contribution in [0.3, 0.4) is 0 Å². The number of guanidine groups is 1. The topological polar surface area (TPSA) is 88.7 Å². The summed E-state index contributed by atoms with van der Waals surface area (Å²) in [6.07, 6.45) is 0. The maximum atomic E-state index is 11.5. The zero-order valence-electron chi connectivity index (χ0n) is 17.3. The Hall–Kier alpha value is -1.51. The Bertz CT molecular complexity index is 601. The van der Waals surface area contributed by atoms with Gasteiger partial charge in [0.1, 0.15) is 5.75 Å². The van der Waals surface area contributed by atoms with Gasteiger partial charge >= 0.3 is 0 Å². The first kappa shape index (κ1) is 25.5. The first-order chi connectivity index (χ1) is 12.2. The summed E-state index contributed by atoms with van der Waals surface area (Å²) in [6, 6.07) is 8.12. The van der Waals surface area contributed by atoms with E-state index in [9.17, 15) is 4.79 Å². The Morgan fingerprint density at radius 2 is 1.81 bits per heavy atom. The summed E-state index contributed by atoms with van der Waals surface area (Å²) in [7, 11) is 0. The van der Waals surface area contributed by atoms with Crippen LogP contribution in [0.15, 0.2) is 29.3 Å². The minimum atomic E-state index is -0.680. The van der Waals surface area contributed by atoms with Crippen molar-refractivity contribution in [1.29, 1.82) is 0 Å². The second-order valence-corrected chi connectivity index (χ2v) is 7.58. The van der Waals surface area contributed by atoms with Crippen molar-refractivity contribution < 1.29 is 9.53 Å². The van der Waals surface area contributed by atoms with Gasteiger partial charge in [-0.2, -0.15) is 0 Å². The number of ether oxygens (including phenoxy) is 1. The van der Waals surface area contributed by atoms with E-state index in [1.165, 1.54) is 0 Å². The van der Waals surface area contributed by atoms with Crippen LogP contribution in [0.25, 0.3) is 0 Å². The standard InChI is InChI=1S/C20H34N4O2.HI/c1-7-22-19(23-13-20(5,6)18(21)25)24-15(4)16-8-10-17(11-9-16)26-12-14(2)3;/h8-11,14-15H,7,12-13H2,1-6H3,(H2,21,25)(H2,22,23,24);1H. The molecule has 0 aliphatic heterocycles. The number of primary amides is 1. The third-order valence-electron chi connectivity index (χ3n) is 3.96. The van der Waals surface area contributed by atoms with Crippen LogP contribution in [0.2, 0.25) is 0 Å². The quantitative estimate of drug-likeness (QED) is 0.281. The van der Waals surface area contributed by atoms with E-state index in [1.54, 1.807) is 13.8 Å². The van der Waals surface area contributed by atoms with E-state index in [2.05, 4.69) is 36.4 Å². The molecule has 1 atom stereocenters. The van der Waals surface area contributed by atoms with Crippen LogP contribution in [0.1, 0.15) is 53.1 Å². The van der Waals surface area contributed by atoms with Crippen molar-refractivity contribution >= 4 is 35.8 Å². The lowest BCUT2D eigenvalue weighted by Gasteiger charge is -2.21. The number of nitrogens with two attached hydrogens (primary N) is 1. The Balaban J connectivity index is 0.00000676. The average molecular weight is 490 g/mol. The Morgan fingerprint density at radius 3 is 2.30 bits per heavy atom. The summed E-state index contributed by atoms with van der Waals surface area (Å²) in [5.74, 6) is 1.67. The van der Waals surface area contributed by atoms with Crippen molar-refractivity contribution in [1.82, 2.24) is 10.6 Å². The predicted molar refractivity (Wildman–Crippen MR) is 123 cm³/mol. The fraction of sp³-hybridized carbons (Fsp3) is 0.600. The van der Waals surface area contributed by atoms with Gasteiger partial charge in [0, 0.05) is 6.54 Å². The molecule has 1 aromatic carbocycles. The predicted octanol–water partition coefficient (Wildman–Crippen LogP) is 3.47. The zero-order valence-corrected chi connectivity index (χ0v) is 19.7. The Kier molecular flexibility index (Phi) is 11.4. The molecule has 0 radical (unpaired) electrons. The molecule has 27 heavy (non-hydrogen) atoms. The van der Waals surface area contributed by atoms with E-state index in [1.807, 2.05) is 31.2 Å². The number of hydrogen-bond donors (Lipinski definition) is 3. The Morgan fingerprint density at radius 1 is 1.22 bits per heavy atom. The van der Waals surface area contributed by atoms with Crippen molar-refractivity contribution in [2.24, 2.45) is 22.1 Å². The lowest BCUT2D eigenvalue weighted by Crippen LogP contribution is -2.41. The smallest absolute Gasteiger partial charge is 0.224 e. The van der Waals surface area contributed by atoms with E-state index in [0.717, 1.165) is 17.9 Å². The van der Waals surface area contributed by atoms with Gasteiger partial charge in [-0.15, -0.1) is 24.0 Å². The number of aliphatic imine (C=N–C) groups is 1. The molecule has 1 aromatic rings. The second-order valence-electron chi connectivity index (χ2n) is 7.58. The van der Waals surface area contributed by atoms with Crippen molar-refractivity contribution in [3.05, 3.63) is 29.8 Å². The molecule has 6 nitrogen and oxygen atoms in total. The van der Waals surface area contributed by atoms with Gasteiger partial charge in [0.25, 0.3) is 0 Å². The normalized spacial score (nSPS) is 12.9. The lowest BCUT2D eigenvalue weighted by atomic mass is 9.93. The van der Waals surface area contributed by atoms with E-state index in [4.69, 9.17) is 10.5 Å². The maximum Gasteiger partial charge on any atom is 0.224 e. The van der Waals surface area contributed by atoms with Gasteiger partial charge in [-0.3, -0.25) is 9.79 Å². The van der Waals surface area contributed by atoms with Crippen molar-refractivity contribution in [2.75, 3.05) is 19.7 Å². The molecule has 154 valence electrons. The molecular weight excluding hydrogens is 455 g/mol. The van der Waals surface area contributed by atoms with E-state index in [0.29, 0.717) is 25.0 Å². The molecule has 0 spiro atoms. The third-order valence-corrected chi connectivity index (χ3v) is 3.96. The molecule has 0 fully saturated rings. The largest absolute Gasteiger partial charge is 0.493 e. The molecule has 4 N–H and O–H groups in total. The van der Waals surface area contributed by atoms with Gasteiger partial charge in [0.05, 0.1) is 24.6 Å². The van der Waals surface area contributed by atoms with Crippen molar-refractivity contribution in [3.8, 4) is 5.75 Å². The average Bonchev–Trinajstić information content (AvgIpc) is 2.58. The number of nitrogens with one attached hydrogen (secondary N) is 2. The molecule has 0 bridgehead atoms. The van der Waals surface area contributed by atoms with E-state index < -0.39 is 5.41 Å². The van der Waals surface area contributed by atoms with Crippen LogP contribution < -0.4 is 21.1 Å². The number of nitrogens with zero attached hydrogens (tertiary/aromatic N) is 1. The van der Waals surface area contributed by atoms with Gasteiger partial charge < -0.3 is 21.1 Å². The number of amides is 1. The lowest BCUT2D eigenvalue weighted by molar-refractivity contribution is -0.125. The highest BCUT2D eigenvalue weighted by molar-refractivity contribution is 14.0. The number of carbonyl (C=O) groups excluding carboxylic acids is 1. The minimum Gasteiger partial charge on any atom is -0.493 e. The second kappa shape index (κ2) is 12.0. The molecule has 1 amide bonds. The van der Waals surface area contributed by atoms with Crippen LogP contribution in [0, 0.1) is 11.3 Å². The van der Waals surface area contributed by atoms with Gasteiger partial charge in [-0.05, 0) is 51.3 Å². The molecule has 0 saturated heterocycles. The molecular formula is C20H35IN4O2. The van der Waals surface area contributed by atoms with Gasteiger partial charge in [0.2, 0.25) is 5.91 Å². The molecule has 1 unspecified atom stereocenters. The summed E-state index contributed by atoms with van der Waals surface area (Å²) < 4.78 is 5.72.